The Morgan fingerprint density at radius 2 is 0.697 bits per heavy atom. The summed E-state index contributed by atoms with van der Waals surface area (Å²) in [7, 11) is -20.2. The van der Waals surface area contributed by atoms with E-state index in [9.17, 15) is 56.7 Å². The Labute approximate surface area is 457 Å². The van der Waals surface area contributed by atoms with Crippen LogP contribution < -0.4 is 0 Å². The van der Waals surface area contributed by atoms with Gasteiger partial charge in [-0.2, -0.15) is 0 Å². The highest BCUT2D eigenvalue weighted by atomic mass is 32.3. The summed E-state index contributed by atoms with van der Waals surface area (Å²) >= 11 is 0. The first-order valence-electron chi connectivity index (χ1n) is 27.4. The molecule has 76 heavy (non-hydrogen) atoms. The average molecular weight is 1170 g/mol. The number of carbonyl (C=O) groups excluding carboxylic acids is 1. The van der Waals surface area contributed by atoms with Crippen molar-refractivity contribution < 1.29 is 92.4 Å². The van der Waals surface area contributed by atoms with Crippen molar-refractivity contribution in [3.8, 4) is 0 Å². The lowest BCUT2D eigenvalue weighted by atomic mass is 10.1. The first kappa shape index (κ1) is 74.3. The second kappa shape index (κ2) is 47.0. The van der Waals surface area contributed by atoms with E-state index in [-0.39, 0.29) is 13.0 Å². The van der Waals surface area contributed by atoms with Crippen molar-refractivity contribution in [2.24, 2.45) is 0 Å². The first-order valence-corrected chi connectivity index (χ1v) is 32.8. The second-order valence-corrected chi connectivity index (χ2v) is 23.2. The Balaban J connectivity index is 5.74. The van der Waals surface area contributed by atoms with Crippen molar-refractivity contribution >= 4 is 47.5 Å². The predicted octanol–water partition coefficient (Wildman–Crippen LogP) is 8.36. The quantitative estimate of drug-likeness (QED) is 0.0239. The van der Waals surface area contributed by atoms with Gasteiger partial charge >= 0.3 is 0 Å². The minimum atomic E-state index is -5.37. The van der Waals surface area contributed by atoms with Gasteiger partial charge in [0.2, 0.25) is 47.5 Å². The van der Waals surface area contributed by atoms with Crippen LogP contribution in [0.2, 0.25) is 0 Å². The van der Waals surface area contributed by atoms with Gasteiger partial charge in [-0.25, -0.2) is 33.7 Å². The van der Waals surface area contributed by atoms with Crippen LogP contribution in [-0.2, 0) is 82.1 Å². The topological polar surface area (TPSA) is 323 Å². The van der Waals surface area contributed by atoms with Crippen molar-refractivity contribution in [2.45, 2.75) is 224 Å². The molecule has 0 rings (SSSR count). The molecule has 0 radical (unpaired) electrons. The van der Waals surface area contributed by atoms with Gasteiger partial charge in [0.15, 0.2) is 0 Å². The molecule has 0 heterocycles. The lowest BCUT2D eigenvalue weighted by molar-refractivity contribution is -0.142. The lowest BCUT2D eigenvalue weighted by Gasteiger charge is -2.32. The molecule has 0 saturated heterocycles. The average Bonchev–Trinajstić information content (AvgIpc) is 3.34. The number of rotatable bonds is 56. The molecule has 0 aromatic carbocycles. The highest BCUT2D eigenvalue weighted by molar-refractivity contribution is 7.81. The van der Waals surface area contributed by atoms with E-state index in [1.807, 2.05) is 0 Å². The number of nitrogens with zero attached hydrogens (tertiary/aromatic N) is 1. The van der Waals surface area contributed by atoms with Gasteiger partial charge in [0.05, 0.1) is 64.8 Å². The van der Waals surface area contributed by atoms with Crippen molar-refractivity contribution in [3.05, 3.63) is 24.3 Å². The zero-order valence-electron chi connectivity index (χ0n) is 45.6. The highest BCUT2D eigenvalue weighted by Crippen LogP contribution is 2.16. The molecule has 0 aromatic heterocycles. The fourth-order valence-corrected chi connectivity index (χ4v) is 8.94. The molecule has 0 fully saturated rings. The van der Waals surface area contributed by atoms with Gasteiger partial charge in [-0.05, 0) is 64.2 Å². The van der Waals surface area contributed by atoms with E-state index in [1.165, 1.54) is 84.1 Å². The summed E-state index contributed by atoms with van der Waals surface area (Å²) in [5.74, 6) is -0.620. The molecule has 0 aromatic rings. The molecular weight excluding hydrogens is 1080 g/mol. The van der Waals surface area contributed by atoms with Crippen molar-refractivity contribution in [1.29, 1.82) is 0 Å². The molecule has 1 amide bonds. The molecular formula is C50H93NO21S4-4. The molecule has 1 atom stereocenters. The Morgan fingerprint density at radius 1 is 0.395 bits per heavy atom. The monoisotopic (exact) mass is 1170 g/mol. The maximum Gasteiger partial charge on any atom is 0.225 e. The number of allylic oxidation sites excluding steroid dienone is 4. The van der Waals surface area contributed by atoms with Crippen LogP contribution in [0.1, 0.15) is 200 Å². The molecule has 0 aliphatic heterocycles. The predicted molar refractivity (Wildman–Crippen MR) is 283 cm³/mol. The molecule has 0 aliphatic rings. The zero-order valence-corrected chi connectivity index (χ0v) is 48.9. The molecule has 0 N–H and O–H groups in total. The Kier molecular flexibility index (Phi) is 45.9. The number of carbonyl (C=O) groups is 1. The van der Waals surface area contributed by atoms with Gasteiger partial charge < -0.3 is 42.1 Å². The van der Waals surface area contributed by atoms with E-state index in [4.69, 9.17) is 18.9 Å². The Bertz CT molecular complexity index is 1770. The lowest BCUT2D eigenvalue weighted by Crippen LogP contribution is -2.47. The molecule has 22 nitrogen and oxygen atoms in total. The van der Waals surface area contributed by atoms with E-state index in [0.29, 0.717) is 19.6 Å². The van der Waals surface area contributed by atoms with E-state index >= 15 is 0 Å². The van der Waals surface area contributed by atoms with Gasteiger partial charge in [0.1, 0.15) is 12.2 Å². The summed E-state index contributed by atoms with van der Waals surface area (Å²) in [5, 5.41) is 0. The molecule has 0 bridgehead atoms. The van der Waals surface area contributed by atoms with E-state index in [2.05, 4.69) is 54.9 Å². The van der Waals surface area contributed by atoms with Gasteiger partial charge in [-0.15, -0.1) is 0 Å². The Morgan fingerprint density at radius 3 is 1.03 bits per heavy atom. The van der Waals surface area contributed by atoms with Gasteiger partial charge in [0, 0.05) is 20.3 Å². The van der Waals surface area contributed by atoms with Crippen molar-refractivity contribution in [3.63, 3.8) is 0 Å². The van der Waals surface area contributed by atoms with Crippen LogP contribution in [0.25, 0.3) is 0 Å². The number of unbranched alkanes of at least 4 members (excludes halogenated alkanes) is 24. The normalized spacial score (nSPS) is 13.4. The summed E-state index contributed by atoms with van der Waals surface area (Å²) < 4.78 is 174. The van der Waals surface area contributed by atoms with Crippen molar-refractivity contribution in [1.82, 2.24) is 4.90 Å². The largest absolute Gasteiger partial charge is 0.726 e. The van der Waals surface area contributed by atoms with E-state index in [1.54, 1.807) is 0 Å². The van der Waals surface area contributed by atoms with Gasteiger partial charge in [-0.3, -0.25) is 21.5 Å². The third-order valence-electron chi connectivity index (χ3n) is 12.1. The number of amides is 1. The maximum absolute atomic E-state index is 14.0. The molecule has 0 aliphatic carbocycles. The molecule has 1 unspecified atom stereocenters. The van der Waals surface area contributed by atoms with Crippen LogP contribution in [0.5, 0.6) is 0 Å². The Hall–Kier alpha value is -1.73. The first-order chi connectivity index (χ1) is 36.0. The third-order valence-corrected chi connectivity index (χ3v) is 13.8. The van der Waals surface area contributed by atoms with Gasteiger partial charge in [-0.1, -0.05) is 154 Å². The molecule has 26 heteroatoms. The minimum Gasteiger partial charge on any atom is -0.726 e. The van der Waals surface area contributed by atoms with E-state index in [0.717, 1.165) is 101 Å². The SMILES string of the molecule is CCCCCCCC/C=C\CCCCCCCCOCC(CC(=O)N(C)C(COC(COS(=O)(=O)[O-])COS(=O)(=O)[O-])COC(COS(=O)(=O)[O-])COS(=O)(=O)[O-])OCCCCCCCC/C=C\CCCCCCCC. The number of ether oxygens (including phenoxy) is 4. The van der Waals surface area contributed by atoms with Crippen LogP contribution in [0.4, 0.5) is 0 Å². The number of hydrogen-bond donors (Lipinski definition) is 0. The van der Waals surface area contributed by atoms with Crippen LogP contribution in [-0.4, -0.2) is 154 Å². The summed E-state index contributed by atoms with van der Waals surface area (Å²) in [5.41, 5.74) is 0. The summed E-state index contributed by atoms with van der Waals surface area (Å²) in [6.07, 6.45) is 36.5. The van der Waals surface area contributed by atoms with Crippen molar-refractivity contribution in [2.75, 3.05) is 66.5 Å². The smallest absolute Gasteiger partial charge is 0.225 e. The van der Waals surface area contributed by atoms with E-state index < -0.39 is 111 Å². The third kappa shape index (κ3) is 52.9. The number of hydrogen-bond acceptors (Lipinski definition) is 21. The fraction of sp³-hybridized carbons (Fsp3) is 0.900. The maximum atomic E-state index is 14.0. The fourth-order valence-electron chi connectivity index (χ4n) is 7.67. The van der Waals surface area contributed by atoms with Crippen LogP contribution in [0, 0.1) is 0 Å². The van der Waals surface area contributed by atoms with Crippen LogP contribution in [0.3, 0.4) is 0 Å². The molecule has 452 valence electrons. The van der Waals surface area contributed by atoms with Crippen LogP contribution in [0.15, 0.2) is 24.3 Å². The number of likely N-dealkylation sites (N-methyl/N-ethyl adjacent to an activating group) is 1. The zero-order chi connectivity index (χ0) is 56.8. The molecule has 0 spiro atoms. The summed E-state index contributed by atoms with van der Waals surface area (Å²) in [6, 6.07) is -1.32. The summed E-state index contributed by atoms with van der Waals surface area (Å²) in [4.78, 5) is 15.0. The molecule has 0 saturated carbocycles. The minimum absolute atomic E-state index is 0.0445. The highest BCUT2D eigenvalue weighted by Gasteiger charge is 2.28. The van der Waals surface area contributed by atoms with Crippen LogP contribution >= 0.6 is 0 Å². The second-order valence-electron chi connectivity index (χ2n) is 19.0. The standard InChI is InChI=1S/C50H97NO21S4/c1-4-6-8-10-12-14-16-18-20-22-24-26-28-30-32-34-36-65-41-47(66-37-35-33-31-29-27-25-23-21-19-17-15-13-11-9-7-5-2)38-50(52)51(3)46(39-67-48(42-69-73(53,54)55)43-70-74(56,57)58)40-68-49(44-71-75(59,60)61)45-72-76(62,63)64/h18-21,46-49H,4-17,22-45H2,1-3H3,(H,53,54,55)(H,56,57,58)(H,59,60,61)(H,62,63,64)/p-4/b20-18-,21-19-. The van der Waals surface area contributed by atoms with Gasteiger partial charge in [0.25, 0.3) is 0 Å². The summed E-state index contributed by atoms with van der Waals surface area (Å²) in [6.45, 7) is -0.840.